The fourth-order valence-electron chi connectivity index (χ4n) is 0.552. The lowest BCUT2D eigenvalue weighted by atomic mass is 10.5. The first-order valence-electron chi connectivity index (χ1n) is 2.59. The molecule has 0 N–H and O–H groups in total. The van der Waals surface area contributed by atoms with Crippen molar-refractivity contribution < 1.29 is 9.13 Å². The minimum Gasteiger partial charge on any atom is -0.480 e. The molecule has 54 valence electrons. The summed E-state index contributed by atoms with van der Waals surface area (Å²) < 4.78 is 17.9. The van der Waals surface area contributed by atoms with Crippen LogP contribution in [0.2, 0.25) is 0 Å². The molecule has 1 aromatic rings. The Balaban J connectivity index is 3.07. The van der Waals surface area contributed by atoms with Gasteiger partial charge in [0.2, 0.25) is 5.88 Å². The van der Waals surface area contributed by atoms with Gasteiger partial charge in [0.15, 0.2) is 0 Å². The minimum absolute atomic E-state index is 0.342. The molecule has 0 atom stereocenters. The SMILES string of the molecule is COc1ncc(F)cc1I. The van der Waals surface area contributed by atoms with E-state index in [-0.39, 0.29) is 5.82 Å². The van der Waals surface area contributed by atoms with Crippen LogP contribution in [0.4, 0.5) is 4.39 Å². The highest BCUT2D eigenvalue weighted by atomic mass is 127. The highest BCUT2D eigenvalue weighted by Crippen LogP contribution is 2.16. The molecule has 0 saturated heterocycles. The maximum absolute atomic E-state index is 12.4. The summed E-state index contributed by atoms with van der Waals surface area (Å²) in [5.74, 6) is 0.118. The molecule has 0 saturated carbocycles. The van der Waals surface area contributed by atoms with Crippen molar-refractivity contribution in [2.75, 3.05) is 7.11 Å². The number of nitrogens with zero attached hydrogens (tertiary/aromatic N) is 1. The van der Waals surface area contributed by atoms with Crippen LogP contribution >= 0.6 is 22.6 Å². The van der Waals surface area contributed by atoms with Gasteiger partial charge in [0.25, 0.3) is 0 Å². The van der Waals surface area contributed by atoms with Crippen LogP contribution in [0.5, 0.6) is 5.88 Å². The van der Waals surface area contributed by atoms with E-state index in [0.717, 1.165) is 6.20 Å². The van der Waals surface area contributed by atoms with Gasteiger partial charge >= 0.3 is 0 Å². The number of methoxy groups -OCH3 is 1. The Hall–Kier alpha value is -0.390. The number of pyridine rings is 1. The molecular weight excluding hydrogens is 248 g/mol. The first-order chi connectivity index (χ1) is 4.74. The van der Waals surface area contributed by atoms with Crippen LogP contribution in [0.25, 0.3) is 0 Å². The van der Waals surface area contributed by atoms with Crippen LogP contribution in [-0.2, 0) is 0 Å². The van der Waals surface area contributed by atoms with Crippen LogP contribution in [0.15, 0.2) is 12.3 Å². The van der Waals surface area contributed by atoms with E-state index in [0.29, 0.717) is 9.45 Å². The fraction of sp³-hybridized carbons (Fsp3) is 0.167. The van der Waals surface area contributed by atoms with Gasteiger partial charge in [-0.1, -0.05) is 0 Å². The van der Waals surface area contributed by atoms with E-state index >= 15 is 0 Å². The Morgan fingerprint density at radius 3 is 2.90 bits per heavy atom. The first-order valence-corrected chi connectivity index (χ1v) is 3.67. The van der Waals surface area contributed by atoms with Crippen molar-refractivity contribution in [3.8, 4) is 5.88 Å². The van der Waals surface area contributed by atoms with E-state index in [1.165, 1.54) is 13.2 Å². The molecular formula is C6H5FINO. The lowest BCUT2D eigenvalue weighted by molar-refractivity contribution is 0.392. The van der Waals surface area contributed by atoms with Crippen LogP contribution in [0.1, 0.15) is 0 Å². The van der Waals surface area contributed by atoms with Crippen molar-refractivity contribution in [2.45, 2.75) is 0 Å². The average molecular weight is 253 g/mol. The summed E-state index contributed by atoms with van der Waals surface area (Å²) in [7, 11) is 1.50. The Bertz CT molecular complexity index is 241. The Morgan fingerprint density at radius 1 is 1.70 bits per heavy atom. The van der Waals surface area contributed by atoms with Crippen molar-refractivity contribution in [2.24, 2.45) is 0 Å². The summed E-state index contributed by atoms with van der Waals surface area (Å²) in [6, 6.07) is 1.37. The monoisotopic (exact) mass is 253 g/mol. The van der Waals surface area contributed by atoms with Crippen LogP contribution in [-0.4, -0.2) is 12.1 Å². The molecule has 0 unspecified atom stereocenters. The van der Waals surface area contributed by atoms with Crippen molar-refractivity contribution in [3.05, 3.63) is 21.7 Å². The zero-order chi connectivity index (χ0) is 7.56. The number of rotatable bonds is 1. The van der Waals surface area contributed by atoms with E-state index in [2.05, 4.69) is 4.98 Å². The molecule has 0 bridgehead atoms. The van der Waals surface area contributed by atoms with E-state index < -0.39 is 0 Å². The summed E-state index contributed by atoms with van der Waals surface area (Å²) in [6.45, 7) is 0. The average Bonchev–Trinajstić information content (AvgIpc) is 1.88. The van der Waals surface area contributed by atoms with Gasteiger partial charge < -0.3 is 4.74 Å². The number of aromatic nitrogens is 1. The molecule has 0 aliphatic heterocycles. The topological polar surface area (TPSA) is 22.1 Å². The zero-order valence-electron chi connectivity index (χ0n) is 5.27. The third-order valence-electron chi connectivity index (χ3n) is 0.967. The Kier molecular flexibility index (Phi) is 2.42. The smallest absolute Gasteiger partial charge is 0.226 e. The van der Waals surface area contributed by atoms with E-state index in [9.17, 15) is 4.39 Å². The van der Waals surface area contributed by atoms with Crippen molar-refractivity contribution in [1.82, 2.24) is 4.98 Å². The molecule has 0 aromatic carbocycles. The van der Waals surface area contributed by atoms with E-state index in [1.54, 1.807) is 0 Å². The highest BCUT2D eigenvalue weighted by Gasteiger charge is 2.00. The molecule has 1 heterocycles. The van der Waals surface area contributed by atoms with Crippen molar-refractivity contribution in [1.29, 1.82) is 0 Å². The third kappa shape index (κ3) is 1.56. The molecule has 0 fully saturated rings. The second kappa shape index (κ2) is 3.14. The predicted octanol–water partition coefficient (Wildman–Crippen LogP) is 1.83. The van der Waals surface area contributed by atoms with Gasteiger partial charge in [-0.2, -0.15) is 0 Å². The predicted molar refractivity (Wildman–Crippen MR) is 43.5 cm³/mol. The molecule has 0 aliphatic carbocycles. The van der Waals surface area contributed by atoms with Crippen LogP contribution < -0.4 is 4.74 Å². The summed E-state index contributed by atoms with van der Waals surface area (Å²) in [6.07, 6.45) is 1.13. The molecule has 4 heteroatoms. The highest BCUT2D eigenvalue weighted by molar-refractivity contribution is 14.1. The lowest BCUT2D eigenvalue weighted by Gasteiger charge is -1.99. The maximum Gasteiger partial charge on any atom is 0.226 e. The standard InChI is InChI=1S/C6H5FINO/c1-10-6-5(8)2-4(7)3-9-6/h2-3H,1H3. The molecule has 2 nitrogen and oxygen atoms in total. The molecule has 10 heavy (non-hydrogen) atoms. The second-order valence-electron chi connectivity index (χ2n) is 1.64. The minimum atomic E-state index is -0.342. The van der Waals surface area contributed by atoms with Gasteiger partial charge in [0, 0.05) is 0 Å². The number of hydrogen-bond donors (Lipinski definition) is 0. The first kappa shape index (κ1) is 7.71. The van der Waals surface area contributed by atoms with E-state index in [4.69, 9.17) is 4.74 Å². The van der Waals surface area contributed by atoms with Crippen LogP contribution in [0.3, 0.4) is 0 Å². The Morgan fingerprint density at radius 2 is 2.40 bits per heavy atom. The van der Waals surface area contributed by atoms with Crippen LogP contribution in [0, 0.1) is 9.39 Å². The largest absolute Gasteiger partial charge is 0.480 e. The fourth-order valence-corrected chi connectivity index (χ4v) is 1.21. The van der Waals surface area contributed by atoms with Crippen molar-refractivity contribution in [3.63, 3.8) is 0 Å². The second-order valence-corrected chi connectivity index (χ2v) is 2.81. The summed E-state index contributed by atoms with van der Waals surface area (Å²) in [5.41, 5.74) is 0. The quantitative estimate of drug-likeness (QED) is 0.712. The zero-order valence-corrected chi connectivity index (χ0v) is 7.42. The molecule has 0 aliphatic rings. The molecule has 0 amide bonds. The molecule has 0 radical (unpaired) electrons. The summed E-state index contributed by atoms with van der Waals surface area (Å²) >= 11 is 1.96. The normalized spacial score (nSPS) is 9.50. The maximum atomic E-state index is 12.4. The summed E-state index contributed by atoms with van der Waals surface area (Å²) in [4.78, 5) is 3.69. The number of halogens is 2. The molecule has 0 spiro atoms. The lowest BCUT2D eigenvalue weighted by Crippen LogP contribution is -1.91. The molecule has 1 aromatic heterocycles. The van der Waals surface area contributed by atoms with Gasteiger partial charge in [-0.15, -0.1) is 0 Å². The van der Waals surface area contributed by atoms with E-state index in [1.807, 2.05) is 22.6 Å². The van der Waals surface area contributed by atoms with Gasteiger partial charge in [-0.05, 0) is 28.7 Å². The third-order valence-corrected chi connectivity index (χ3v) is 1.74. The number of hydrogen-bond acceptors (Lipinski definition) is 2. The molecule has 1 rings (SSSR count). The van der Waals surface area contributed by atoms with Gasteiger partial charge in [0.05, 0.1) is 16.9 Å². The van der Waals surface area contributed by atoms with Gasteiger partial charge in [-0.3, -0.25) is 0 Å². The number of ether oxygens (including phenoxy) is 1. The van der Waals surface area contributed by atoms with Gasteiger partial charge in [-0.25, -0.2) is 9.37 Å². The van der Waals surface area contributed by atoms with Gasteiger partial charge in [0.1, 0.15) is 5.82 Å². The van der Waals surface area contributed by atoms with Crippen molar-refractivity contribution >= 4 is 22.6 Å². The summed E-state index contributed by atoms with van der Waals surface area (Å²) in [5, 5.41) is 0. The Labute approximate surface area is 71.6 Å².